The van der Waals surface area contributed by atoms with Gasteiger partial charge in [-0.1, -0.05) is 60.1 Å². The summed E-state index contributed by atoms with van der Waals surface area (Å²) in [5, 5.41) is 0.584. The standard InChI is InChI=1S/C23H17ClN2O2S/c24-17-13-11-16(12-14-17)15-20-21(27)25(18-7-3-1-4-8-18)23(29)26(22(20)28)19-9-5-2-6-10-19/h1-15,23,29H. The molecule has 1 aliphatic rings. The van der Waals surface area contributed by atoms with Gasteiger partial charge in [0.05, 0.1) is 0 Å². The third-order valence-electron chi connectivity index (χ3n) is 4.61. The maximum atomic E-state index is 13.3. The van der Waals surface area contributed by atoms with E-state index < -0.39 is 17.3 Å². The lowest BCUT2D eigenvalue weighted by molar-refractivity contribution is -0.123. The molecule has 0 unspecified atom stereocenters. The Morgan fingerprint density at radius 2 is 1.17 bits per heavy atom. The van der Waals surface area contributed by atoms with Crippen LogP contribution in [0.15, 0.2) is 90.5 Å². The van der Waals surface area contributed by atoms with E-state index in [-0.39, 0.29) is 5.57 Å². The SMILES string of the molecule is O=C1C(=Cc2ccc(Cl)cc2)C(=O)N(c2ccccc2)C(S)N1c1ccccc1. The molecule has 144 valence electrons. The molecular formula is C23H17ClN2O2S. The van der Waals surface area contributed by atoms with Gasteiger partial charge in [0.15, 0.2) is 5.50 Å². The number of hydrogen-bond acceptors (Lipinski definition) is 3. The van der Waals surface area contributed by atoms with E-state index in [0.29, 0.717) is 22.0 Å². The summed E-state index contributed by atoms with van der Waals surface area (Å²) in [4.78, 5) is 29.7. The Kier molecular flexibility index (Phi) is 5.43. The van der Waals surface area contributed by atoms with Crippen molar-refractivity contribution in [3.8, 4) is 0 Å². The molecule has 1 aliphatic heterocycles. The summed E-state index contributed by atoms with van der Waals surface area (Å²) in [7, 11) is 0. The van der Waals surface area contributed by atoms with E-state index in [1.807, 2.05) is 60.7 Å². The molecule has 0 saturated carbocycles. The normalized spacial score (nSPS) is 16.9. The van der Waals surface area contributed by atoms with Crippen LogP contribution in [0.25, 0.3) is 6.08 Å². The Morgan fingerprint density at radius 3 is 1.62 bits per heavy atom. The first-order chi connectivity index (χ1) is 14.1. The molecule has 1 heterocycles. The van der Waals surface area contributed by atoms with Crippen molar-refractivity contribution in [3.05, 3.63) is 101 Å². The number of para-hydroxylation sites is 2. The molecule has 0 aromatic heterocycles. The van der Waals surface area contributed by atoms with Gasteiger partial charge in [0.2, 0.25) is 0 Å². The number of rotatable bonds is 3. The molecule has 2 amide bonds. The summed E-state index contributed by atoms with van der Waals surface area (Å²) in [5.74, 6) is -0.799. The first-order valence-electron chi connectivity index (χ1n) is 8.99. The number of anilines is 2. The van der Waals surface area contributed by atoms with Crippen molar-refractivity contribution >= 4 is 53.5 Å². The highest BCUT2D eigenvalue weighted by Crippen LogP contribution is 2.33. The maximum absolute atomic E-state index is 13.3. The van der Waals surface area contributed by atoms with Gasteiger partial charge in [0.25, 0.3) is 11.8 Å². The van der Waals surface area contributed by atoms with Crippen molar-refractivity contribution in [2.24, 2.45) is 0 Å². The molecule has 0 N–H and O–H groups in total. The fourth-order valence-electron chi connectivity index (χ4n) is 3.20. The number of benzene rings is 3. The van der Waals surface area contributed by atoms with E-state index in [9.17, 15) is 9.59 Å². The number of amides is 2. The molecule has 0 bridgehead atoms. The van der Waals surface area contributed by atoms with Crippen molar-refractivity contribution in [2.75, 3.05) is 9.80 Å². The van der Waals surface area contributed by atoms with Crippen molar-refractivity contribution in [1.82, 2.24) is 0 Å². The van der Waals surface area contributed by atoms with Gasteiger partial charge in [-0.05, 0) is 48.0 Å². The van der Waals surface area contributed by atoms with Gasteiger partial charge >= 0.3 is 0 Å². The monoisotopic (exact) mass is 420 g/mol. The van der Waals surface area contributed by atoms with Crippen LogP contribution in [0.5, 0.6) is 0 Å². The third kappa shape index (κ3) is 3.79. The van der Waals surface area contributed by atoms with Crippen molar-refractivity contribution in [2.45, 2.75) is 5.50 Å². The van der Waals surface area contributed by atoms with Crippen LogP contribution < -0.4 is 9.80 Å². The summed E-state index contributed by atoms with van der Waals surface area (Å²) in [6.07, 6.45) is 1.59. The van der Waals surface area contributed by atoms with Crippen molar-refractivity contribution < 1.29 is 9.59 Å². The summed E-state index contributed by atoms with van der Waals surface area (Å²) in [5.41, 5.74) is 1.32. The van der Waals surface area contributed by atoms with Crippen LogP contribution in [0.3, 0.4) is 0 Å². The predicted molar refractivity (Wildman–Crippen MR) is 120 cm³/mol. The Morgan fingerprint density at radius 1 is 0.724 bits per heavy atom. The average Bonchev–Trinajstić information content (AvgIpc) is 2.74. The highest BCUT2D eigenvalue weighted by Gasteiger charge is 2.42. The first kappa shape index (κ1) is 19.3. The molecule has 29 heavy (non-hydrogen) atoms. The fraction of sp³-hybridized carbons (Fsp3) is 0.0435. The zero-order valence-corrected chi connectivity index (χ0v) is 16.9. The van der Waals surface area contributed by atoms with E-state index in [2.05, 4.69) is 12.6 Å². The van der Waals surface area contributed by atoms with Gasteiger partial charge in [-0.25, -0.2) is 0 Å². The summed E-state index contributed by atoms with van der Waals surface area (Å²) >= 11 is 10.6. The van der Waals surface area contributed by atoms with Crippen LogP contribution in [0.2, 0.25) is 5.02 Å². The summed E-state index contributed by atoms with van der Waals surface area (Å²) in [6.45, 7) is 0. The number of halogens is 1. The minimum absolute atomic E-state index is 0.0605. The molecule has 0 radical (unpaired) electrons. The Bertz CT molecular complexity index is 1010. The predicted octanol–water partition coefficient (Wildman–Crippen LogP) is 5.02. The topological polar surface area (TPSA) is 40.6 Å². The van der Waals surface area contributed by atoms with Crippen LogP contribution >= 0.6 is 24.2 Å². The van der Waals surface area contributed by atoms with Gasteiger partial charge in [-0.3, -0.25) is 19.4 Å². The van der Waals surface area contributed by atoms with Crippen LogP contribution in [-0.4, -0.2) is 17.3 Å². The highest BCUT2D eigenvalue weighted by atomic mass is 35.5. The van der Waals surface area contributed by atoms with Gasteiger partial charge < -0.3 is 0 Å². The Hall–Kier alpha value is -3.02. The van der Waals surface area contributed by atoms with Crippen molar-refractivity contribution in [3.63, 3.8) is 0 Å². The van der Waals surface area contributed by atoms with E-state index in [1.54, 1.807) is 30.3 Å². The molecule has 3 aromatic rings. The van der Waals surface area contributed by atoms with Gasteiger partial charge in [-0.2, -0.15) is 0 Å². The lowest BCUT2D eigenvalue weighted by Gasteiger charge is -2.41. The smallest absolute Gasteiger partial charge is 0.266 e. The van der Waals surface area contributed by atoms with Crippen LogP contribution in [0.4, 0.5) is 11.4 Å². The zero-order valence-electron chi connectivity index (χ0n) is 15.3. The van der Waals surface area contributed by atoms with Crippen LogP contribution in [-0.2, 0) is 9.59 Å². The second kappa shape index (κ2) is 8.15. The number of hydrogen-bond donors (Lipinski definition) is 1. The number of carbonyl (C=O) groups is 2. The van der Waals surface area contributed by atoms with E-state index in [0.717, 1.165) is 0 Å². The quantitative estimate of drug-likeness (QED) is 0.367. The van der Waals surface area contributed by atoms with Crippen LogP contribution in [0, 0.1) is 0 Å². The number of nitrogens with zero attached hydrogens (tertiary/aromatic N) is 2. The van der Waals surface area contributed by atoms with Crippen LogP contribution in [0.1, 0.15) is 5.56 Å². The Balaban J connectivity index is 1.85. The summed E-state index contributed by atoms with van der Waals surface area (Å²) in [6, 6.07) is 25.4. The molecular weight excluding hydrogens is 404 g/mol. The molecule has 0 atom stereocenters. The number of carbonyl (C=O) groups excluding carboxylic acids is 2. The third-order valence-corrected chi connectivity index (χ3v) is 5.32. The molecule has 0 aliphatic carbocycles. The number of thiol groups is 1. The second-order valence-electron chi connectivity index (χ2n) is 6.48. The van der Waals surface area contributed by atoms with Crippen molar-refractivity contribution in [1.29, 1.82) is 0 Å². The lowest BCUT2D eigenvalue weighted by Crippen LogP contribution is -2.58. The van der Waals surface area contributed by atoms with E-state index >= 15 is 0 Å². The molecule has 6 heteroatoms. The fourth-order valence-corrected chi connectivity index (χ4v) is 3.81. The molecule has 4 rings (SSSR count). The van der Waals surface area contributed by atoms with Gasteiger partial charge in [0, 0.05) is 16.4 Å². The molecule has 4 nitrogen and oxygen atoms in total. The zero-order chi connectivity index (χ0) is 20.4. The minimum atomic E-state index is -0.776. The summed E-state index contributed by atoms with van der Waals surface area (Å²) < 4.78 is 0. The lowest BCUT2D eigenvalue weighted by atomic mass is 10.0. The first-order valence-corrected chi connectivity index (χ1v) is 9.88. The maximum Gasteiger partial charge on any atom is 0.266 e. The second-order valence-corrected chi connectivity index (χ2v) is 7.38. The van der Waals surface area contributed by atoms with Gasteiger partial charge in [-0.15, -0.1) is 12.6 Å². The largest absolute Gasteiger partial charge is 0.278 e. The highest BCUT2D eigenvalue weighted by molar-refractivity contribution is 7.81. The van der Waals surface area contributed by atoms with E-state index in [1.165, 1.54) is 9.80 Å². The molecule has 0 spiro atoms. The molecule has 1 saturated heterocycles. The van der Waals surface area contributed by atoms with Gasteiger partial charge in [0.1, 0.15) is 5.57 Å². The minimum Gasteiger partial charge on any atom is -0.278 e. The van der Waals surface area contributed by atoms with E-state index in [4.69, 9.17) is 11.6 Å². The molecule has 1 fully saturated rings. The average molecular weight is 421 g/mol. The molecule has 3 aromatic carbocycles. The Labute approximate surface area is 179 Å².